The second-order valence-corrected chi connectivity index (χ2v) is 6.38. The Labute approximate surface area is 152 Å². The molecule has 0 aliphatic carbocycles. The first-order chi connectivity index (χ1) is 11.6. The SMILES string of the molecule is C#CCCNC(=O)NCC1CN(Cc2ccc(Cl)c(Cl)c2)CCO1. The molecule has 0 bridgehead atoms. The molecule has 7 heteroatoms. The fourth-order valence-electron chi connectivity index (χ4n) is 2.46. The second kappa shape index (κ2) is 9.75. The highest BCUT2D eigenvalue weighted by molar-refractivity contribution is 6.42. The maximum absolute atomic E-state index is 11.6. The van der Waals surface area contributed by atoms with Crippen LogP contribution < -0.4 is 10.6 Å². The van der Waals surface area contributed by atoms with Gasteiger partial charge in [-0.25, -0.2) is 4.79 Å². The molecule has 1 unspecified atom stereocenters. The molecule has 2 amide bonds. The molecule has 1 fully saturated rings. The summed E-state index contributed by atoms with van der Waals surface area (Å²) in [5.41, 5.74) is 1.10. The van der Waals surface area contributed by atoms with Gasteiger partial charge in [-0.15, -0.1) is 12.3 Å². The summed E-state index contributed by atoms with van der Waals surface area (Å²) in [7, 11) is 0. The molecular weight excluding hydrogens is 349 g/mol. The monoisotopic (exact) mass is 369 g/mol. The summed E-state index contributed by atoms with van der Waals surface area (Å²) in [6.07, 6.45) is 5.62. The third-order valence-corrected chi connectivity index (χ3v) is 4.40. The van der Waals surface area contributed by atoms with Gasteiger partial charge in [-0.05, 0) is 17.7 Å². The van der Waals surface area contributed by atoms with Gasteiger partial charge < -0.3 is 15.4 Å². The molecule has 1 aliphatic rings. The van der Waals surface area contributed by atoms with Crippen LogP contribution in [0.4, 0.5) is 4.79 Å². The number of terminal acetylenes is 1. The molecule has 0 saturated carbocycles. The molecule has 1 aromatic rings. The molecule has 24 heavy (non-hydrogen) atoms. The zero-order valence-electron chi connectivity index (χ0n) is 13.4. The van der Waals surface area contributed by atoms with E-state index < -0.39 is 0 Å². The Balaban J connectivity index is 1.76. The average Bonchev–Trinajstić information content (AvgIpc) is 2.57. The molecule has 2 rings (SSSR count). The van der Waals surface area contributed by atoms with Crippen LogP contribution in [0.25, 0.3) is 0 Å². The van der Waals surface area contributed by atoms with Crippen LogP contribution in [0, 0.1) is 12.3 Å². The van der Waals surface area contributed by atoms with Crippen molar-refractivity contribution in [3.05, 3.63) is 33.8 Å². The summed E-state index contributed by atoms with van der Waals surface area (Å²) in [6, 6.07) is 5.43. The van der Waals surface area contributed by atoms with E-state index in [0.717, 1.165) is 25.2 Å². The zero-order chi connectivity index (χ0) is 17.4. The highest BCUT2D eigenvalue weighted by Crippen LogP contribution is 2.23. The average molecular weight is 370 g/mol. The van der Waals surface area contributed by atoms with E-state index in [0.29, 0.717) is 36.2 Å². The Morgan fingerprint density at radius 3 is 2.96 bits per heavy atom. The van der Waals surface area contributed by atoms with Gasteiger partial charge in [0.15, 0.2) is 0 Å². The van der Waals surface area contributed by atoms with Crippen LogP contribution in [-0.4, -0.2) is 49.8 Å². The maximum atomic E-state index is 11.6. The number of benzene rings is 1. The molecule has 1 aromatic carbocycles. The van der Waals surface area contributed by atoms with Crippen LogP contribution in [0.15, 0.2) is 18.2 Å². The summed E-state index contributed by atoms with van der Waals surface area (Å²) in [5.74, 6) is 2.47. The summed E-state index contributed by atoms with van der Waals surface area (Å²) in [6.45, 7) is 3.91. The first-order valence-electron chi connectivity index (χ1n) is 7.81. The van der Waals surface area contributed by atoms with Gasteiger partial charge >= 0.3 is 6.03 Å². The van der Waals surface area contributed by atoms with Gasteiger partial charge in [-0.2, -0.15) is 0 Å². The Morgan fingerprint density at radius 2 is 2.21 bits per heavy atom. The molecule has 2 N–H and O–H groups in total. The van der Waals surface area contributed by atoms with Crippen molar-refractivity contribution in [3.63, 3.8) is 0 Å². The topological polar surface area (TPSA) is 53.6 Å². The van der Waals surface area contributed by atoms with Crippen LogP contribution >= 0.6 is 23.2 Å². The summed E-state index contributed by atoms with van der Waals surface area (Å²) < 4.78 is 5.70. The Hall–Kier alpha value is -1.45. The van der Waals surface area contributed by atoms with Gasteiger partial charge in [-0.1, -0.05) is 29.3 Å². The van der Waals surface area contributed by atoms with Gasteiger partial charge in [0.1, 0.15) is 0 Å². The molecular formula is C17H21Cl2N3O2. The molecule has 1 heterocycles. The van der Waals surface area contributed by atoms with E-state index in [1.54, 1.807) is 6.07 Å². The minimum atomic E-state index is -0.226. The lowest BCUT2D eigenvalue weighted by Gasteiger charge is -2.33. The predicted molar refractivity (Wildman–Crippen MR) is 96.3 cm³/mol. The van der Waals surface area contributed by atoms with E-state index >= 15 is 0 Å². The number of hydrogen-bond donors (Lipinski definition) is 2. The van der Waals surface area contributed by atoms with E-state index in [9.17, 15) is 4.79 Å². The quantitative estimate of drug-likeness (QED) is 0.598. The van der Waals surface area contributed by atoms with Crippen LogP contribution in [0.2, 0.25) is 10.0 Å². The van der Waals surface area contributed by atoms with Crippen molar-refractivity contribution in [3.8, 4) is 12.3 Å². The Kier molecular flexibility index (Phi) is 7.67. The van der Waals surface area contributed by atoms with Crippen molar-refractivity contribution < 1.29 is 9.53 Å². The van der Waals surface area contributed by atoms with Crippen LogP contribution in [-0.2, 0) is 11.3 Å². The molecule has 0 radical (unpaired) electrons. The number of urea groups is 1. The standard InChI is InChI=1S/C17H21Cl2N3O2/c1-2-3-6-20-17(23)21-10-14-12-22(7-8-24-14)11-13-4-5-15(18)16(19)9-13/h1,4-5,9,14H,3,6-8,10-12H2,(H2,20,21,23). The molecule has 130 valence electrons. The number of nitrogens with one attached hydrogen (secondary N) is 2. The number of amides is 2. The third-order valence-electron chi connectivity index (χ3n) is 3.66. The van der Waals surface area contributed by atoms with E-state index in [-0.39, 0.29) is 12.1 Å². The minimum absolute atomic E-state index is 0.0418. The molecule has 0 spiro atoms. The Morgan fingerprint density at radius 1 is 1.38 bits per heavy atom. The number of hydrogen-bond acceptors (Lipinski definition) is 3. The lowest BCUT2D eigenvalue weighted by atomic mass is 10.2. The first-order valence-corrected chi connectivity index (χ1v) is 8.57. The molecule has 1 saturated heterocycles. The number of carbonyl (C=O) groups excluding carboxylic acids is 1. The third kappa shape index (κ3) is 6.21. The summed E-state index contributed by atoms with van der Waals surface area (Å²) >= 11 is 12.0. The summed E-state index contributed by atoms with van der Waals surface area (Å²) in [5, 5.41) is 6.62. The highest BCUT2D eigenvalue weighted by atomic mass is 35.5. The van der Waals surface area contributed by atoms with E-state index in [1.165, 1.54) is 0 Å². The van der Waals surface area contributed by atoms with Crippen LogP contribution in [0.5, 0.6) is 0 Å². The first kappa shape index (κ1) is 18.9. The van der Waals surface area contributed by atoms with Gasteiger partial charge in [0, 0.05) is 39.1 Å². The largest absolute Gasteiger partial charge is 0.374 e. The lowest BCUT2D eigenvalue weighted by molar-refractivity contribution is -0.0287. The van der Waals surface area contributed by atoms with Crippen molar-refractivity contribution in [1.82, 2.24) is 15.5 Å². The van der Waals surface area contributed by atoms with E-state index in [2.05, 4.69) is 21.5 Å². The van der Waals surface area contributed by atoms with Crippen molar-refractivity contribution in [1.29, 1.82) is 0 Å². The van der Waals surface area contributed by atoms with Crippen molar-refractivity contribution in [2.45, 2.75) is 19.1 Å². The number of carbonyl (C=O) groups is 1. The fraction of sp³-hybridized carbons (Fsp3) is 0.471. The summed E-state index contributed by atoms with van der Waals surface area (Å²) in [4.78, 5) is 13.9. The van der Waals surface area contributed by atoms with Gasteiger partial charge in [-0.3, -0.25) is 4.90 Å². The number of ether oxygens (including phenoxy) is 1. The van der Waals surface area contributed by atoms with Crippen LogP contribution in [0.3, 0.4) is 0 Å². The fourth-order valence-corrected chi connectivity index (χ4v) is 2.78. The molecule has 1 aliphatic heterocycles. The Bertz CT molecular complexity index is 604. The molecule has 1 atom stereocenters. The number of halogens is 2. The maximum Gasteiger partial charge on any atom is 0.314 e. The van der Waals surface area contributed by atoms with E-state index in [1.807, 2.05) is 12.1 Å². The van der Waals surface area contributed by atoms with Crippen LogP contribution in [0.1, 0.15) is 12.0 Å². The van der Waals surface area contributed by atoms with Crippen molar-refractivity contribution >= 4 is 29.2 Å². The van der Waals surface area contributed by atoms with Crippen molar-refractivity contribution in [2.75, 3.05) is 32.8 Å². The van der Waals surface area contributed by atoms with Gasteiger partial charge in [0.05, 0.1) is 22.8 Å². The van der Waals surface area contributed by atoms with Gasteiger partial charge in [0.25, 0.3) is 0 Å². The normalized spacial score (nSPS) is 18.0. The second-order valence-electron chi connectivity index (χ2n) is 5.57. The minimum Gasteiger partial charge on any atom is -0.374 e. The molecule has 0 aromatic heterocycles. The van der Waals surface area contributed by atoms with Gasteiger partial charge in [0.2, 0.25) is 0 Å². The number of nitrogens with zero attached hydrogens (tertiary/aromatic N) is 1. The smallest absolute Gasteiger partial charge is 0.314 e. The lowest BCUT2D eigenvalue weighted by Crippen LogP contribution is -2.48. The zero-order valence-corrected chi connectivity index (χ0v) is 14.9. The molecule has 5 nitrogen and oxygen atoms in total. The van der Waals surface area contributed by atoms with Crippen molar-refractivity contribution in [2.24, 2.45) is 0 Å². The van der Waals surface area contributed by atoms with E-state index in [4.69, 9.17) is 34.4 Å². The number of morpholine rings is 1. The highest BCUT2D eigenvalue weighted by Gasteiger charge is 2.21. The predicted octanol–water partition coefficient (Wildman–Crippen LogP) is 2.52. The number of rotatable bonds is 6.